The summed E-state index contributed by atoms with van der Waals surface area (Å²) in [6, 6.07) is 0. The number of ether oxygens (including phenoxy) is 1. The minimum Gasteiger partial charge on any atom is -0.467 e. The van der Waals surface area contributed by atoms with E-state index < -0.39 is 25.2 Å². The van der Waals surface area contributed by atoms with Crippen LogP contribution in [0.25, 0.3) is 0 Å². The monoisotopic (exact) mass is 208 g/mol. The van der Waals surface area contributed by atoms with Gasteiger partial charge in [-0.15, -0.1) is 0 Å². The number of carbonyl (C=O) groups excluding carboxylic acids is 2. The number of rotatable bonds is 4. The quantitative estimate of drug-likeness (QED) is 0.386. The summed E-state index contributed by atoms with van der Waals surface area (Å²) in [7, 11) is -1.73. The van der Waals surface area contributed by atoms with Crippen LogP contribution in [-0.2, 0) is 23.4 Å². The number of methoxy groups -OCH3 is 1. The van der Waals surface area contributed by atoms with Gasteiger partial charge in [0, 0.05) is 13.3 Å². The Morgan fingerprint density at radius 3 is 2.00 bits per heavy atom. The van der Waals surface area contributed by atoms with E-state index in [1.807, 2.05) is 0 Å². The number of carbonyl (C=O) groups is 2. The first-order valence-corrected chi connectivity index (χ1v) is 6.11. The molecule has 1 atom stereocenters. The standard InChI is InChI=1S/C7H13O5P/c1-5(8)6(7(9)11-2)12-13(3,4)10/h6H,1-4H3. The van der Waals surface area contributed by atoms with Crippen molar-refractivity contribution in [2.24, 2.45) is 0 Å². The van der Waals surface area contributed by atoms with Crippen LogP contribution in [0.3, 0.4) is 0 Å². The molecule has 0 aliphatic heterocycles. The molecule has 0 spiro atoms. The lowest BCUT2D eigenvalue weighted by atomic mass is 10.3. The highest BCUT2D eigenvalue weighted by Crippen LogP contribution is 2.39. The minimum atomic E-state index is -2.86. The second-order valence-electron chi connectivity index (χ2n) is 2.87. The fourth-order valence-corrected chi connectivity index (χ4v) is 1.39. The maximum atomic E-state index is 11.2. The molecule has 13 heavy (non-hydrogen) atoms. The maximum Gasteiger partial charge on any atom is 0.343 e. The summed E-state index contributed by atoms with van der Waals surface area (Å²) in [4.78, 5) is 21.8. The molecule has 1 unspecified atom stereocenters. The first kappa shape index (κ1) is 12.3. The van der Waals surface area contributed by atoms with Crippen LogP contribution >= 0.6 is 7.37 Å². The van der Waals surface area contributed by atoms with Gasteiger partial charge in [-0.25, -0.2) is 4.79 Å². The van der Waals surface area contributed by atoms with Crippen molar-refractivity contribution >= 4 is 19.1 Å². The summed E-state index contributed by atoms with van der Waals surface area (Å²) in [5, 5.41) is 0. The first-order chi connectivity index (χ1) is 5.78. The van der Waals surface area contributed by atoms with Crippen LogP contribution in [0.5, 0.6) is 0 Å². The van der Waals surface area contributed by atoms with Crippen LogP contribution < -0.4 is 0 Å². The van der Waals surface area contributed by atoms with E-state index in [2.05, 4.69) is 4.74 Å². The van der Waals surface area contributed by atoms with Crippen molar-refractivity contribution in [2.45, 2.75) is 13.0 Å². The molecule has 0 rings (SSSR count). The van der Waals surface area contributed by atoms with Gasteiger partial charge in [-0.1, -0.05) is 0 Å². The lowest BCUT2D eigenvalue weighted by molar-refractivity contribution is -0.152. The normalized spacial score (nSPS) is 13.5. The van der Waals surface area contributed by atoms with E-state index in [4.69, 9.17) is 4.52 Å². The summed E-state index contributed by atoms with van der Waals surface area (Å²) in [6.45, 7) is 3.83. The number of hydrogen-bond donors (Lipinski definition) is 0. The molecule has 0 aromatic carbocycles. The fourth-order valence-electron chi connectivity index (χ4n) is 0.644. The van der Waals surface area contributed by atoms with Gasteiger partial charge in [0.05, 0.1) is 7.11 Å². The van der Waals surface area contributed by atoms with E-state index in [1.165, 1.54) is 20.3 Å². The second-order valence-corrected chi connectivity index (χ2v) is 5.59. The van der Waals surface area contributed by atoms with Gasteiger partial charge < -0.3 is 9.26 Å². The van der Waals surface area contributed by atoms with Crippen molar-refractivity contribution in [2.75, 3.05) is 20.4 Å². The number of ketones is 1. The largest absolute Gasteiger partial charge is 0.467 e. The molecule has 0 aliphatic carbocycles. The van der Waals surface area contributed by atoms with Gasteiger partial charge in [0.15, 0.2) is 13.2 Å². The van der Waals surface area contributed by atoms with E-state index in [9.17, 15) is 14.2 Å². The Morgan fingerprint density at radius 2 is 1.77 bits per heavy atom. The Kier molecular flexibility index (Phi) is 4.30. The average molecular weight is 208 g/mol. The molecule has 0 radical (unpaired) electrons. The van der Waals surface area contributed by atoms with Crippen LogP contribution in [-0.4, -0.2) is 38.3 Å². The molecule has 0 aromatic rings. The summed E-state index contributed by atoms with van der Waals surface area (Å²) in [5.41, 5.74) is 0. The SMILES string of the molecule is COC(=O)C(OP(C)(C)=O)C(C)=O. The summed E-state index contributed by atoms with van der Waals surface area (Å²) >= 11 is 0. The molecule has 0 aliphatic rings. The van der Waals surface area contributed by atoms with Crippen LogP contribution in [0.1, 0.15) is 6.92 Å². The van der Waals surface area contributed by atoms with Gasteiger partial charge >= 0.3 is 5.97 Å². The maximum absolute atomic E-state index is 11.2. The highest BCUT2D eigenvalue weighted by Gasteiger charge is 2.29. The number of Topliss-reactive ketones (excluding diaryl/α,β-unsaturated/α-hetero) is 1. The van der Waals surface area contributed by atoms with Crippen molar-refractivity contribution in [3.8, 4) is 0 Å². The molecule has 76 valence electrons. The molecule has 0 saturated heterocycles. The van der Waals surface area contributed by atoms with Crippen LogP contribution in [0.4, 0.5) is 0 Å². The molecule has 6 heteroatoms. The van der Waals surface area contributed by atoms with E-state index in [0.717, 1.165) is 7.11 Å². The van der Waals surface area contributed by atoms with E-state index in [-0.39, 0.29) is 0 Å². The van der Waals surface area contributed by atoms with Crippen LogP contribution in [0.15, 0.2) is 0 Å². The number of esters is 1. The van der Waals surface area contributed by atoms with E-state index >= 15 is 0 Å². The Bertz CT molecular complexity index is 254. The molecular weight excluding hydrogens is 195 g/mol. The van der Waals surface area contributed by atoms with Gasteiger partial charge in [0.25, 0.3) is 0 Å². The minimum absolute atomic E-state index is 0.518. The zero-order valence-electron chi connectivity index (χ0n) is 8.07. The zero-order valence-corrected chi connectivity index (χ0v) is 8.96. The molecule has 0 N–H and O–H groups in total. The topological polar surface area (TPSA) is 69.7 Å². The predicted octanol–water partition coefficient (Wildman–Crippen LogP) is 0.671. The van der Waals surface area contributed by atoms with Crippen LogP contribution in [0.2, 0.25) is 0 Å². The van der Waals surface area contributed by atoms with Gasteiger partial charge in [-0.05, 0) is 6.92 Å². The van der Waals surface area contributed by atoms with Gasteiger partial charge in [-0.3, -0.25) is 9.36 Å². The summed E-state index contributed by atoms with van der Waals surface area (Å²) < 4.78 is 20.3. The number of hydrogen-bond acceptors (Lipinski definition) is 5. The van der Waals surface area contributed by atoms with E-state index in [0.29, 0.717) is 0 Å². The predicted molar refractivity (Wildman–Crippen MR) is 47.0 cm³/mol. The van der Waals surface area contributed by atoms with Crippen LogP contribution in [0, 0.1) is 0 Å². The molecule has 0 amide bonds. The Hall–Kier alpha value is -0.670. The first-order valence-electron chi connectivity index (χ1n) is 3.59. The third kappa shape index (κ3) is 4.80. The lowest BCUT2D eigenvalue weighted by Gasteiger charge is -2.15. The Balaban J connectivity index is 4.55. The molecule has 0 aromatic heterocycles. The van der Waals surface area contributed by atoms with Crippen molar-refractivity contribution < 1.29 is 23.4 Å². The second kappa shape index (κ2) is 4.53. The molecular formula is C7H13O5P. The van der Waals surface area contributed by atoms with Crippen molar-refractivity contribution in [1.82, 2.24) is 0 Å². The van der Waals surface area contributed by atoms with Crippen molar-refractivity contribution in [3.05, 3.63) is 0 Å². The highest BCUT2D eigenvalue weighted by atomic mass is 31.2. The highest BCUT2D eigenvalue weighted by molar-refractivity contribution is 7.57. The Morgan fingerprint density at radius 1 is 1.31 bits per heavy atom. The summed E-state index contributed by atoms with van der Waals surface area (Å²) in [5.74, 6) is -1.34. The van der Waals surface area contributed by atoms with Gasteiger partial charge in [-0.2, -0.15) is 0 Å². The summed E-state index contributed by atoms with van der Waals surface area (Å²) in [6.07, 6.45) is -1.37. The van der Waals surface area contributed by atoms with E-state index in [1.54, 1.807) is 0 Å². The molecule has 5 nitrogen and oxygen atoms in total. The van der Waals surface area contributed by atoms with Crippen molar-refractivity contribution in [3.63, 3.8) is 0 Å². The smallest absolute Gasteiger partial charge is 0.343 e. The average Bonchev–Trinajstić information content (AvgIpc) is 1.96. The third-order valence-electron chi connectivity index (χ3n) is 1.14. The van der Waals surface area contributed by atoms with Gasteiger partial charge in [0.2, 0.25) is 6.10 Å². The molecule has 0 bridgehead atoms. The fraction of sp³-hybridized carbons (Fsp3) is 0.714. The molecule has 0 fully saturated rings. The van der Waals surface area contributed by atoms with Gasteiger partial charge in [0.1, 0.15) is 0 Å². The molecule has 0 saturated carbocycles. The third-order valence-corrected chi connectivity index (χ3v) is 1.86. The Labute approximate surface area is 76.9 Å². The molecule has 0 heterocycles. The lowest BCUT2D eigenvalue weighted by Crippen LogP contribution is -2.31. The zero-order chi connectivity index (χ0) is 10.6. The van der Waals surface area contributed by atoms with Crippen molar-refractivity contribution in [1.29, 1.82) is 0 Å².